The first kappa shape index (κ1) is 71.1. The molecule has 6 nitrogen and oxygen atoms in total. The fourth-order valence-corrected chi connectivity index (χ4v) is 10.1. The molecule has 0 aliphatic rings. The molecule has 2 atom stereocenters. The third-order valence-electron chi connectivity index (χ3n) is 15.2. The van der Waals surface area contributed by atoms with Crippen LogP contribution >= 0.6 is 0 Å². The normalized spacial score (nSPS) is 12.8. The van der Waals surface area contributed by atoms with Gasteiger partial charge in [-0.05, 0) is 64.2 Å². The molecule has 0 saturated carbocycles. The van der Waals surface area contributed by atoms with Gasteiger partial charge in [0.25, 0.3) is 0 Å². The number of carbonyl (C=O) groups excluding carboxylic acids is 2. The molecule has 0 heterocycles. The van der Waals surface area contributed by atoms with Gasteiger partial charge >= 0.3 is 5.97 Å². The van der Waals surface area contributed by atoms with E-state index in [2.05, 4.69) is 43.5 Å². The minimum atomic E-state index is -0.845. The molecule has 0 bridgehead atoms. The minimum absolute atomic E-state index is 0.000488. The van der Waals surface area contributed by atoms with Crippen molar-refractivity contribution >= 4 is 11.9 Å². The predicted octanol–water partition coefficient (Wildman–Crippen LogP) is 20.8. The van der Waals surface area contributed by atoms with Gasteiger partial charge in [0.15, 0.2) is 0 Å². The summed E-state index contributed by atoms with van der Waals surface area (Å²) in [6.45, 7) is 4.90. The van der Waals surface area contributed by atoms with Gasteiger partial charge in [-0.15, -0.1) is 0 Å². The topological polar surface area (TPSA) is 95.9 Å². The molecule has 0 aromatic rings. The maximum atomic E-state index is 12.5. The van der Waals surface area contributed by atoms with Crippen LogP contribution in [0.3, 0.4) is 0 Å². The van der Waals surface area contributed by atoms with E-state index in [4.69, 9.17) is 4.74 Å². The molecule has 430 valence electrons. The second-order valence-electron chi connectivity index (χ2n) is 22.5. The van der Waals surface area contributed by atoms with E-state index < -0.39 is 12.1 Å². The molecule has 0 aromatic heterocycles. The first-order chi connectivity index (χ1) is 36.0. The van der Waals surface area contributed by atoms with E-state index in [1.807, 2.05) is 6.08 Å². The number of allylic oxidation sites excluding steroid dienone is 5. The van der Waals surface area contributed by atoms with E-state index >= 15 is 0 Å². The highest BCUT2D eigenvalue weighted by atomic mass is 16.5. The van der Waals surface area contributed by atoms with Gasteiger partial charge < -0.3 is 20.3 Å². The molecule has 1 amide bonds. The molecule has 6 heteroatoms. The zero-order chi connectivity index (χ0) is 52.9. The summed E-state index contributed by atoms with van der Waals surface area (Å²) in [6, 6.07) is -0.629. The summed E-state index contributed by atoms with van der Waals surface area (Å²) < 4.78 is 5.48. The Morgan fingerprint density at radius 1 is 0.384 bits per heavy atom. The van der Waals surface area contributed by atoms with E-state index in [1.165, 1.54) is 276 Å². The van der Waals surface area contributed by atoms with Gasteiger partial charge in [0.1, 0.15) is 0 Å². The van der Waals surface area contributed by atoms with Gasteiger partial charge in [-0.2, -0.15) is 0 Å². The fraction of sp³-hybridized carbons (Fsp3) is 0.881. The lowest BCUT2D eigenvalue weighted by atomic mass is 10.0. The fourth-order valence-electron chi connectivity index (χ4n) is 10.1. The van der Waals surface area contributed by atoms with Crippen molar-refractivity contribution in [1.29, 1.82) is 0 Å². The number of aliphatic hydroxyl groups is 2. The molecule has 0 radical (unpaired) electrons. The van der Waals surface area contributed by atoms with Crippen LogP contribution in [0.5, 0.6) is 0 Å². The number of esters is 1. The van der Waals surface area contributed by atoms with Gasteiger partial charge in [0.2, 0.25) is 5.91 Å². The van der Waals surface area contributed by atoms with Crippen LogP contribution in [0.4, 0.5) is 0 Å². The third-order valence-corrected chi connectivity index (χ3v) is 15.2. The Hall–Kier alpha value is -1.92. The van der Waals surface area contributed by atoms with E-state index in [9.17, 15) is 19.8 Å². The Bertz CT molecular complexity index is 1180. The maximum Gasteiger partial charge on any atom is 0.305 e. The summed E-state index contributed by atoms with van der Waals surface area (Å²) in [6.07, 6.45) is 79.0. The number of ether oxygens (including phenoxy) is 1. The molecule has 0 aliphatic carbocycles. The van der Waals surface area contributed by atoms with Crippen LogP contribution in [0, 0.1) is 0 Å². The van der Waals surface area contributed by atoms with Crippen molar-refractivity contribution in [3.8, 4) is 0 Å². The van der Waals surface area contributed by atoms with E-state index in [1.54, 1.807) is 6.08 Å². The number of amides is 1. The number of nitrogens with one attached hydrogen (secondary N) is 1. The van der Waals surface area contributed by atoms with Gasteiger partial charge in [0, 0.05) is 12.8 Å². The maximum absolute atomic E-state index is 12.5. The molecular weight excluding hydrogens is 899 g/mol. The van der Waals surface area contributed by atoms with Crippen molar-refractivity contribution in [2.24, 2.45) is 0 Å². The molecule has 0 spiro atoms. The van der Waals surface area contributed by atoms with Crippen molar-refractivity contribution in [2.75, 3.05) is 13.2 Å². The summed E-state index contributed by atoms with van der Waals surface area (Å²) in [5.74, 6) is -0.0664. The second-order valence-corrected chi connectivity index (χ2v) is 22.5. The number of carbonyl (C=O) groups is 2. The predicted molar refractivity (Wildman–Crippen MR) is 319 cm³/mol. The van der Waals surface area contributed by atoms with Crippen LogP contribution in [0.25, 0.3) is 0 Å². The average Bonchev–Trinajstić information content (AvgIpc) is 3.39. The quantitative estimate of drug-likeness (QED) is 0.0320. The Morgan fingerprint density at radius 3 is 1.05 bits per heavy atom. The Labute approximate surface area is 455 Å². The number of rotatable bonds is 61. The smallest absolute Gasteiger partial charge is 0.305 e. The standard InChI is InChI=1S/C67H127NO5/c1-3-5-7-9-11-13-15-17-19-21-28-31-35-39-43-47-51-55-59-65(70)64(63-69)68-66(71)60-56-52-48-44-40-36-32-29-26-24-22-23-25-27-30-34-38-42-46-50-54-58-62-73-67(72)61-57-53-49-45-41-37-33-20-18-16-14-12-10-8-6-4-2/h14,16,20,33,55,59,64-65,69-70H,3-13,15,17-19,21-32,34-54,56-58,60-63H2,1-2H3,(H,68,71)/b16-14-,33-20-,59-55+. The molecule has 3 N–H and O–H groups in total. The van der Waals surface area contributed by atoms with Crippen molar-refractivity contribution in [1.82, 2.24) is 5.32 Å². The highest BCUT2D eigenvalue weighted by Gasteiger charge is 2.18. The molecule has 0 fully saturated rings. The Morgan fingerprint density at radius 2 is 0.685 bits per heavy atom. The second kappa shape index (κ2) is 62.6. The number of unbranched alkanes of at least 4 members (excludes halogenated alkanes) is 46. The van der Waals surface area contributed by atoms with Crippen molar-refractivity contribution < 1.29 is 24.5 Å². The summed E-state index contributed by atoms with van der Waals surface area (Å²) in [5.41, 5.74) is 0. The summed E-state index contributed by atoms with van der Waals surface area (Å²) in [5, 5.41) is 23.2. The third kappa shape index (κ3) is 59.2. The van der Waals surface area contributed by atoms with Crippen LogP contribution in [0.15, 0.2) is 36.5 Å². The van der Waals surface area contributed by atoms with E-state index in [-0.39, 0.29) is 18.5 Å². The molecular formula is C67H127NO5. The lowest BCUT2D eigenvalue weighted by Crippen LogP contribution is -2.45. The molecule has 0 rings (SSSR count). The van der Waals surface area contributed by atoms with Crippen LogP contribution in [-0.2, 0) is 14.3 Å². The molecule has 73 heavy (non-hydrogen) atoms. The monoisotopic (exact) mass is 1030 g/mol. The lowest BCUT2D eigenvalue weighted by molar-refractivity contribution is -0.143. The SMILES string of the molecule is CCCCCC/C=C\C/C=C\CCCCCCCC(=O)OCCCCCCCCCCCCCCCCCCCCCCCCC(=O)NC(CO)C(O)/C=C/CCCCCCCCCCCCCCCCCC. The zero-order valence-corrected chi connectivity index (χ0v) is 49.1. The summed E-state index contributed by atoms with van der Waals surface area (Å²) in [4.78, 5) is 24.6. The zero-order valence-electron chi connectivity index (χ0n) is 49.1. The van der Waals surface area contributed by atoms with Crippen LogP contribution < -0.4 is 5.32 Å². The number of hydrogen-bond acceptors (Lipinski definition) is 5. The summed E-state index contributed by atoms with van der Waals surface area (Å²) in [7, 11) is 0. The Kier molecular flexibility index (Phi) is 61.0. The first-order valence-corrected chi connectivity index (χ1v) is 32.8. The van der Waals surface area contributed by atoms with E-state index in [0.717, 1.165) is 51.4 Å². The molecule has 0 saturated heterocycles. The number of aliphatic hydroxyl groups excluding tert-OH is 2. The van der Waals surface area contributed by atoms with Gasteiger partial charge in [-0.25, -0.2) is 0 Å². The molecule has 0 aromatic carbocycles. The van der Waals surface area contributed by atoms with Crippen LogP contribution in [0.2, 0.25) is 0 Å². The highest BCUT2D eigenvalue weighted by molar-refractivity contribution is 5.76. The Balaban J connectivity index is 3.41. The largest absolute Gasteiger partial charge is 0.466 e. The van der Waals surface area contributed by atoms with E-state index in [0.29, 0.717) is 19.4 Å². The van der Waals surface area contributed by atoms with Crippen LogP contribution in [0.1, 0.15) is 354 Å². The van der Waals surface area contributed by atoms with Crippen molar-refractivity contribution in [2.45, 2.75) is 366 Å². The van der Waals surface area contributed by atoms with Crippen LogP contribution in [-0.4, -0.2) is 47.4 Å². The van der Waals surface area contributed by atoms with Crippen molar-refractivity contribution in [3.05, 3.63) is 36.5 Å². The number of hydrogen-bond donors (Lipinski definition) is 3. The summed E-state index contributed by atoms with van der Waals surface area (Å²) >= 11 is 0. The highest BCUT2D eigenvalue weighted by Crippen LogP contribution is 2.18. The lowest BCUT2D eigenvalue weighted by Gasteiger charge is -2.20. The molecule has 2 unspecified atom stereocenters. The average molecular weight is 1030 g/mol. The van der Waals surface area contributed by atoms with Crippen molar-refractivity contribution in [3.63, 3.8) is 0 Å². The van der Waals surface area contributed by atoms with Gasteiger partial charge in [0.05, 0.1) is 25.4 Å². The van der Waals surface area contributed by atoms with Gasteiger partial charge in [-0.1, -0.05) is 314 Å². The first-order valence-electron chi connectivity index (χ1n) is 32.8. The van der Waals surface area contributed by atoms with Gasteiger partial charge in [-0.3, -0.25) is 9.59 Å². The minimum Gasteiger partial charge on any atom is -0.466 e. The molecule has 0 aliphatic heterocycles.